The molecule has 76 heavy (non-hydrogen) atoms. The van der Waals surface area contributed by atoms with Gasteiger partial charge in [0.2, 0.25) is 20.0 Å². The van der Waals surface area contributed by atoms with Gasteiger partial charge in [0.1, 0.15) is 0 Å². The monoisotopic (exact) mass is 1130 g/mol. The highest BCUT2D eigenvalue weighted by Gasteiger charge is 2.51. The van der Waals surface area contributed by atoms with Crippen LogP contribution in [-0.2, 0) is 65.2 Å². The minimum absolute atomic E-state index is 0.0528. The van der Waals surface area contributed by atoms with Gasteiger partial charge in [0.25, 0.3) is 5.66 Å². The summed E-state index contributed by atoms with van der Waals surface area (Å²) >= 11 is 0. The van der Waals surface area contributed by atoms with Gasteiger partial charge in [0, 0.05) is 31.8 Å². The van der Waals surface area contributed by atoms with Crippen LogP contribution in [0.25, 0.3) is 9.69 Å². The van der Waals surface area contributed by atoms with E-state index in [0.29, 0.717) is 42.7 Å². The molecular weight excluding hydrogens is 1070 g/mol. The van der Waals surface area contributed by atoms with Crippen molar-refractivity contribution in [2.45, 2.75) is 112 Å². The van der Waals surface area contributed by atoms with Crippen molar-refractivity contribution in [3.63, 3.8) is 0 Å². The average Bonchev–Trinajstić information content (AvgIpc) is 3.35. The topological polar surface area (TPSA) is 152 Å². The van der Waals surface area contributed by atoms with Crippen LogP contribution in [0.2, 0.25) is 0 Å². The lowest BCUT2D eigenvalue weighted by Crippen LogP contribution is -2.62. The zero-order chi connectivity index (χ0) is 57.4. The molecule has 4 aromatic carbocycles. The number of piperidine rings is 1. The lowest BCUT2D eigenvalue weighted by atomic mass is 9.67. The molecule has 0 spiro atoms. The highest BCUT2D eigenvalue weighted by Crippen LogP contribution is 2.46. The fourth-order valence-electron chi connectivity index (χ4n) is 8.88. The van der Waals surface area contributed by atoms with Crippen molar-refractivity contribution in [1.82, 2.24) is 14.8 Å². The van der Waals surface area contributed by atoms with Gasteiger partial charge in [-0.05, 0) is 91.8 Å². The molecule has 6 rings (SSSR count). The molecule has 1 saturated heterocycles. The summed E-state index contributed by atoms with van der Waals surface area (Å²) in [5.74, 6) is 0. The molecule has 1 aliphatic carbocycles. The van der Waals surface area contributed by atoms with E-state index in [1.165, 1.54) is 13.8 Å². The molecule has 0 aromatic heterocycles. The minimum Gasteiger partial charge on any atom is -0.400 e. The second-order valence-corrected chi connectivity index (χ2v) is 22.1. The second kappa shape index (κ2) is 24.1. The molecule has 4 N–H and O–H groups in total. The molecule has 0 unspecified atom stereocenters. The third kappa shape index (κ3) is 16.8. The van der Waals surface area contributed by atoms with Crippen molar-refractivity contribution in [3.8, 4) is 0 Å². The lowest BCUT2D eigenvalue weighted by molar-refractivity contribution is -0.145. The normalized spacial score (nSPS) is 23.3. The van der Waals surface area contributed by atoms with Crippen LogP contribution in [-0.4, -0.2) is 72.6 Å². The van der Waals surface area contributed by atoms with Gasteiger partial charge in [0.05, 0.1) is 72.3 Å². The fraction of sp³-hybridized carbons (Fsp3) is 0.480. The maximum absolute atomic E-state index is 13.3. The Balaban J connectivity index is 0.000000318. The second-order valence-electron chi connectivity index (χ2n) is 18.6. The smallest absolute Gasteiger partial charge is 0.400 e. The summed E-state index contributed by atoms with van der Waals surface area (Å²) in [5.41, 5.74) is -9.22. The van der Waals surface area contributed by atoms with Gasteiger partial charge in [-0.1, -0.05) is 60.7 Å². The Labute approximate surface area is 432 Å². The van der Waals surface area contributed by atoms with Gasteiger partial charge >= 0.3 is 30.4 Å². The number of aliphatic hydroxyl groups is 1. The Morgan fingerprint density at radius 2 is 0.895 bits per heavy atom. The summed E-state index contributed by atoms with van der Waals surface area (Å²) in [5, 5.41) is 10.2. The van der Waals surface area contributed by atoms with E-state index < -0.39 is 101 Å². The molecule has 4 atom stereocenters. The first-order valence-electron chi connectivity index (χ1n) is 22.9. The van der Waals surface area contributed by atoms with Crippen LogP contribution in [0.15, 0.2) is 97.1 Å². The third-order valence-electron chi connectivity index (χ3n) is 13.0. The molecule has 1 heterocycles. The van der Waals surface area contributed by atoms with E-state index in [2.05, 4.69) is 24.5 Å². The first-order valence-corrected chi connectivity index (χ1v) is 26.6. The molecule has 0 radical (unpaired) electrons. The lowest BCUT2D eigenvalue weighted by Gasteiger charge is -2.42. The van der Waals surface area contributed by atoms with Gasteiger partial charge < -0.3 is 14.6 Å². The van der Waals surface area contributed by atoms with Crippen LogP contribution in [0.5, 0.6) is 0 Å². The minimum atomic E-state index is -4.98. The average molecular weight is 1130 g/mol. The van der Waals surface area contributed by atoms with Crippen LogP contribution in [0.4, 0.5) is 52.7 Å². The number of alkyl halides is 12. The summed E-state index contributed by atoms with van der Waals surface area (Å²) in [6.45, 7) is 17.5. The van der Waals surface area contributed by atoms with E-state index in [0.717, 1.165) is 25.2 Å². The van der Waals surface area contributed by atoms with Crippen molar-refractivity contribution >= 4 is 20.0 Å². The van der Waals surface area contributed by atoms with Gasteiger partial charge in [-0.2, -0.15) is 52.7 Å². The largest absolute Gasteiger partial charge is 0.416 e. The number of hydrogen-bond donors (Lipinski definition) is 4. The van der Waals surface area contributed by atoms with Crippen LogP contribution < -0.4 is 14.8 Å². The van der Waals surface area contributed by atoms with Gasteiger partial charge in [-0.3, -0.25) is 15.0 Å². The summed E-state index contributed by atoms with van der Waals surface area (Å²) < 4.78 is 223. The number of benzene rings is 4. The highest BCUT2D eigenvalue weighted by atomic mass is 32.2. The Bertz CT molecular complexity index is 2630. The number of nitrogens with one attached hydrogen (secondary N) is 3. The summed E-state index contributed by atoms with van der Waals surface area (Å²) in [7, 11) is -6.38. The highest BCUT2D eigenvalue weighted by molar-refractivity contribution is 7.89. The third-order valence-corrected chi connectivity index (χ3v) is 14.5. The summed E-state index contributed by atoms with van der Waals surface area (Å²) in [4.78, 5) is 7.01. The maximum atomic E-state index is 13.3. The van der Waals surface area contributed by atoms with Crippen LogP contribution in [0, 0.1) is 13.1 Å². The first kappa shape index (κ1) is 63.2. The van der Waals surface area contributed by atoms with E-state index in [1.807, 2.05) is 12.1 Å². The van der Waals surface area contributed by atoms with Crippen molar-refractivity contribution in [3.05, 3.63) is 164 Å². The van der Waals surface area contributed by atoms with Gasteiger partial charge in [-0.15, -0.1) is 9.44 Å². The van der Waals surface area contributed by atoms with E-state index in [9.17, 15) is 69.5 Å². The Morgan fingerprint density at radius 1 is 0.553 bits per heavy atom. The van der Waals surface area contributed by atoms with Crippen molar-refractivity contribution in [2.75, 3.05) is 39.4 Å². The zero-order valence-electron chi connectivity index (χ0n) is 41.4. The quantitative estimate of drug-likeness (QED) is 0.0720. The fourth-order valence-corrected chi connectivity index (χ4v) is 10.7. The van der Waals surface area contributed by atoms with Gasteiger partial charge in [0.15, 0.2) is 0 Å². The van der Waals surface area contributed by atoms with Gasteiger partial charge in [-0.25, -0.2) is 30.0 Å². The standard InChI is InChI=1S/C25H26F6N2O3S.C24H25F6N3O3S.CH4O/c1-17(18-13-20(24(26,27)28)15-21(14-18)25(29,30)31)36-16-22(19-7-5-4-6-8-19)9-11-23(32-2,12-10-22)33-37(3,34)35;1-16(17-11-19(23(25,26)27)13-20(12-17)24(28,29)30)36-15-21(18-7-5-4-6-8-18)9-10-22(31-2,14-32-21)33-37(3,34)35;1-2/h4-8,13-15,17,33H,9-12,16H2,1,3H3;4-8,11-13,16,32-33H,9-10,14-15H2,1,3H3;2H,1H3/t17-,22?,23?;16-,21-,22+;/m11./s1. The van der Waals surface area contributed by atoms with Crippen molar-refractivity contribution in [1.29, 1.82) is 0 Å². The molecular formula is C50H55F12N5O7S2. The van der Waals surface area contributed by atoms with E-state index in [-0.39, 0.29) is 68.7 Å². The Hall–Kier alpha value is -5.32. The van der Waals surface area contributed by atoms with Crippen LogP contribution in [0.1, 0.15) is 109 Å². The number of halogens is 12. The van der Waals surface area contributed by atoms with E-state index in [1.54, 1.807) is 48.5 Å². The zero-order valence-corrected chi connectivity index (χ0v) is 43.0. The molecule has 1 aliphatic heterocycles. The van der Waals surface area contributed by atoms with Crippen molar-refractivity contribution < 1.29 is 84.1 Å². The summed E-state index contributed by atoms with van der Waals surface area (Å²) in [6.07, 6.45) is -19.0. The number of rotatable bonds is 14. The molecule has 4 aromatic rings. The van der Waals surface area contributed by atoms with E-state index >= 15 is 0 Å². The molecule has 2 aliphatic rings. The van der Waals surface area contributed by atoms with E-state index in [4.69, 9.17) is 27.7 Å². The first-order chi connectivity index (χ1) is 35.0. The predicted octanol–water partition coefficient (Wildman–Crippen LogP) is 11.3. The predicted molar refractivity (Wildman–Crippen MR) is 256 cm³/mol. The molecule has 2 fully saturated rings. The SMILES string of the molecule is CO.[C-]#[N+]C1(NS(C)(=O)=O)CCC(CO[C@H](C)c2cc(C(F)(F)F)cc(C(F)(F)F)c2)(c2ccccc2)CC1.[C-]#[N+][C@]1(NS(C)(=O)=O)CC[C@@](CO[C@H](C)c2cc(C(F)(F)F)cc(C(F)(F)F)c2)(c2ccccc2)NC1. The summed E-state index contributed by atoms with van der Waals surface area (Å²) in [6, 6.07) is 20.5. The van der Waals surface area contributed by atoms with Crippen LogP contribution in [0.3, 0.4) is 0 Å². The molecule has 0 bridgehead atoms. The maximum Gasteiger partial charge on any atom is 0.416 e. The molecule has 0 amide bonds. The molecule has 26 heteroatoms. The number of nitrogens with zero attached hydrogens (tertiary/aromatic N) is 2. The van der Waals surface area contributed by atoms with Crippen molar-refractivity contribution in [2.24, 2.45) is 0 Å². The number of sulfonamides is 2. The number of hydrogen-bond acceptors (Lipinski definition) is 8. The Morgan fingerprint density at radius 3 is 1.22 bits per heavy atom. The molecule has 1 saturated carbocycles. The number of ether oxygens (including phenoxy) is 2. The molecule has 418 valence electrons. The number of aliphatic hydroxyl groups excluding tert-OH is 1. The molecule has 12 nitrogen and oxygen atoms in total. The van der Waals surface area contributed by atoms with Crippen LogP contribution >= 0.6 is 0 Å². The Kier molecular flexibility index (Phi) is 20.1.